The molecule has 1 heterocycles. The van der Waals surface area contributed by atoms with E-state index in [2.05, 4.69) is 12.2 Å². The minimum absolute atomic E-state index is 0.0669. The quantitative estimate of drug-likeness (QED) is 0.521. The zero-order valence-corrected chi connectivity index (χ0v) is 18.2. The number of hydrogen-bond donors (Lipinski definition) is 1. The molecule has 5 nitrogen and oxygen atoms in total. The molecule has 0 aliphatic rings. The number of aromatic nitrogens is 1. The molecule has 0 aliphatic heterocycles. The summed E-state index contributed by atoms with van der Waals surface area (Å²) < 4.78 is 1.54. The Balaban J connectivity index is 1.89. The van der Waals surface area contributed by atoms with Crippen LogP contribution < -0.4 is 10.9 Å². The van der Waals surface area contributed by atoms with E-state index in [9.17, 15) is 14.4 Å². The summed E-state index contributed by atoms with van der Waals surface area (Å²) in [6.07, 6.45) is 1.88. The van der Waals surface area contributed by atoms with Gasteiger partial charge in [-0.1, -0.05) is 54.9 Å². The highest BCUT2D eigenvalue weighted by Gasteiger charge is 2.23. The summed E-state index contributed by atoms with van der Waals surface area (Å²) >= 11 is 7.09. The number of amides is 1. The van der Waals surface area contributed by atoms with Gasteiger partial charge in [0.05, 0.1) is 12.1 Å². The topological polar surface area (TPSA) is 68.2 Å². The lowest BCUT2D eigenvalue weighted by atomic mass is 10.2. The molecule has 0 fully saturated rings. The lowest BCUT2D eigenvalue weighted by Crippen LogP contribution is -2.44. The first kappa shape index (κ1) is 22.1. The third kappa shape index (κ3) is 5.52. The van der Waals surface area contributed by atoms with E-state index in [1.54, 1.807) is 34.9 Å². The normalized spacial score (nSPS) is 11.9. The molecule has 2 aromatic carbocycles. The Morgan fingerprint density at radius 2 is 1.80 bits per heavy atom. The highest BCUT2D eigenvalue weighted by molar-refractivity contribution is 8.13. The van der Waals surface area contributed by atoms with E-state index in [1.165, 1.54) is 17.8 Å². The molecule has 0 radical (unpaired) electrons. The minimum Gasteiger partial charge on any atom is -0.339 e. The van der Waals surface area contributed by atoms with Crippen molar-refractivity contribution in [2.45, 2.75) is 32.4 Å². The lowest BCUT2D eigenvalue weighted by molar-refractivity contribution is -0.112. The van der Waals surface area contributed by atoms with Gasteiger partial charge in [-0.2, -0.15) is 0 Å². The molecule has 30 heavy (non-hydrogen) atoms. The Kier molecular flexibility index (Phi) is 7.71. The van der Waals surface area contributed by atoms with Crippen molar-refractivity contribution in [3.8, 4) is 0 Å². The number of thioether (sulfide) groups is 1. The van der Waals surface area contributed by atoms with Crippen molar-refractivity contribution in [1.29, 1.82) is 0 Å². The van der Waals surface area contributed by atoms with Crippen LogP contribution in [0.5, 0.6) is 0 Å². The largest absolute Gasteiger partial charge is 0.339 e. The average molecular weight is 443 g/mol. The molecule has 1 unspecified atom stereocenters. The molecule has 0 saturated heterocycles. The summed E-state index contributed by atoms with van der Waals surface area (Å²) in [7, 11) is 0. The molecule has 1 N–H and O–H groups in total. The van der Waals surface area contributed by atoms with Crippen LogP contribution in [0.1, 0.15) is 30.1 Å². The molecule has 7 heteroatoms. The van der Waals surface area contributed by atoms with Crippen LogP contribution in [0.25, 0.3) is 10.9 Å². The Hall–Kier alpha value is -2.57. The summed E-state index contributed by atoms with van der Waals surface area (Å²) in [5, 5.41) is 4.07. The molecule has 1 aromatic heterocycles. The van der Waals surface area contributed by atoms with Crippen LogP contribution in [0, 0.1) is 0 Å². The summed E-state index contributed by atoms with van der Waals surface area (Å²) in [5.74, 6) is 0.294. The number of hydrogen-bond acceptors (Lipinski definition) is 4. The number of unbranched alkanes of at least 4 members (excludes halogenated alkanes) is 1. The van der Waals surface area contributed by atoms with Gasteiger partial charge in [-0.25, -0.2) is 0 Å². The van der Waals surface area contributed by atoms with Crippen molar-refractivity contribution >= 4 is 45.3 Å². The molecule has 0 spiro atoms. The number of pyridine rings is 1. The van der Waals surface area contributed by atoms with Crippen molar-refractivity contribution < 1.29 is 9.59 Å². The molecule has 156 valence electrons. The van der Waals surface area contributed by atoms with Crippen LogP contribution in [-0.2, 0) is 11.3 Å². The van der Waals surface area contributed by atoms with Gasteiger partial charge in [0, 0.05) is 22.4 Å². The van der Waals surface area contributed by atoms with Gasteiger partial charge in [-0.05, 0) is 48.2 Å². The highest BCUT2D eigenvalue weighted by atomic mass is 35.5. The SMILES string of the molecule is CCCCSC(=O)C(Cn1c(=O)ccc2ccccc21)NC(=O)c1ccc(Cl)cc1. The number of benzene rings is 2. The number of para-hydroxylation sites is 1. The molecule has 0 aliphatic carbocycles. The molecule has 3 aromatic rings. The predicted molar refractivity (Wildman–Crippen MR) is 123 cm³/mol. The van der Waals surface area contributed by atoms with Crippen LogP contribution in [-0.4, -0.2) is 27.4 Å². The van der Waals surface area contributed by atoms with Crippen LogP contribution in [0.4, 0.5) is 0 Å². The molecule has 3 rings (SSSR count). The molecular weight excluding hydrogens is 420 g/mol. The molecular formula is C23H23ClN2O3S. The Morgan fingerprint density at radius 3 is 2.53 bits per heavy atom. The zero-order chi connectivity index (χ0) is 21.5. The van der Waals surface area contributed by atoms with Gasteiger partial charge in [0.25, 0.3) is 11.5 Å². The van der Waals surface area contributed by atoms with Gasteiger partial charge in [-0.15, -0.1) is 0 Å². The molecule has 0 saturated carbocycles. The van der Waals surface area contributed by atoms with Gasteiger partial charge in [0.2, 0.25) is 5.12 Å². The van der Waals surface area contributed by atoms with E-state index in [0.717, 1.165) is 23.7 Å². The Labute approximate surface area is 184 Å². The van der Waals surface area contributed by atoms with E-state index >= 15 is 0 Å². The van der Waals surface area contributed by atoms with Gasteiger partial charge < -0.3 is 9.88 Å². The maximum atomic E-state index is 12.9. The maximum absolute atomic E-state index is 12.9. The summed E-state index contributed by atoms with van der Waals surface area (Å²) in [6.45, 7) is 2.12. The van der Waals surface area contributed by atoms with Crippen molar-refractivity contribution in [2.24, 2.45) is 0 Å². The second-order valence-corrected chi connectivity index (χ2v) is 8.43. The molecule has 0 bridgehead atoms. The van der Waals surface area contributed by atoms with E-state index in [-0.39, 0.29) is 23.1 Å². The van der Waals surface area contributed by atoms with Crippen molar-refractivity contribution in [3.63, 3.8) is 0 Å². The average Bonchev–Trinajstić information content (AvgIpc) is 2.75. The van der Waals surface area contributed by atoms with Crippen molar-refractivity contribution in [2.75, 3.05) is 5.75 Å². The number of nitrogens with one attached hydrogen (secondary N) is 1. The summed E-state index contributed by atoms with van der Waals surface area (Å²) in [5.41, 5.74) is 0.911. The molecule has 1 atom stereocenters. The standard InChI is InChI=1S/C23H23ClN2O3S/c1-2-3-14-30-23(29)19(25-22(28)17-8-11-18(24)12-9-17)15-26-20-7-5-4-6-16(20)10-13-21(26)27/h4-13,19H,2-3,14-15H2,1H3,(H,25,28). The second kappa shape index (κ2) is 10.5. The number of carbonyl (C=O) groups is 2. The third-order valence-electron chi connectivity index (χ3n) is 4.70. The number of nitrogens with zero attached hydrogens (tertiary/aromatic N) is 1. The fraction of sp³-hybridized carbons (Fsp3) is 0.261. The zero-order valence-electron chi connectivity index (χ0n) is 16.6. The van der Waals surface area contributed by atoms with Crippen LogP contribution in [0.3, 0.4) is 0 Å². The Bertz CT molecular complexity index is 1100. The number of halogens is 1. The van der Waals surface area contributed by atoms with Crippen LogP contribution in [0.2, 0.25) is 5.02 Å². The molecule has 1 amide bonds. The lowest BCUT2D eigenvalue weighted by Gasteiger charge is -2.20. The fourth-order valence-electron chi connectivity index (χ4n) is 3.05. The minimum atomic E-state index is -0.835. The maximum Gasteiger partial charge on any atom is 0.251 e. The van der Waals surface area contributed by atoms with E-state index in [4.69, 9.17) is 11.6 Å². The van der Waals surface area contributed by atoms with Gasteiger partial charge in [0.1, 0.15) is 6.04 Å². The Morgan fingerprint density at radius 1 is 1.07 bits per heavy atom. The van der Waals surface area contributed by atoms with E-state index < -0.39 is 6.04 Å². The first-order valence-electron chi connectivity index (χ1n) is 9.81. The number of rotatable bonds is 8. The number of carbonyl (C=O) groups excluding carboxylic acids is 2. The first-order chi connectivity index (χ1) is 14.5. The second-order valence-electron chi connectivity index (χ2n) is 6.89. The van der Waals surface area contributed by atoms with E-state index in [0.29, 0.717) is 16.3 Å². The third-order valence-corrected chi connectivity index (χ3v) is 6.02. The first-order valence-corrected chi connectivity index (χ1v) is 11.2. The number of fused-ring (bicyclic) bond motifs is 1. The van der Waals surface area contributed by atoms with Gasteiger partial charge in [-0.3, -0.25) is 14.4 Å². The van der Waals surface area contributed by atoms with Gasteiger partial charge in [0.15, 0.2) is 0 Å². The summed E-state index contributed by atoms with van der Waals surface area (Å²) in [6, 6.07) is 16.3. The van der Waals surface area contributed by atoms with E-state index in [1.807, 2.05) is 24.3 Å². The smallest absolute Gasteiger partial charge is 0.251 e. The monoisotopic (exact) mass is 442 g/mol. The predicted octanol–water partition coefficient (Wildman–Crippen LogP) is 4.51. The highest BCUT2D eigenvalue weighted by Crippen LogP contribution is 2.16. The van der Waals surface area contributed by atoms with Crippen LogP contribution >= 0.6 is 23.4 Å². The van der Waals surface area contributed by atoms with Gasteiger partial charge >= 0.3 is 0 Å². The fourth-order valence-corrected chi connectivity index (χ4v) is 4.15. The van der Waals surface area contributed by atoms with Crippen molar-refractivity contribution in [1.82, 2.24) is 9.88 Å². The van der Waals surface area contributed by atoms with Crippen LogP contribution in [0.15, 0.2) is 65.5 Å². The summed E-state index contributed by atoms with van der Waals surface area (Å²) in [4.78, 5) is 38.2. The van der Waals surface area contributed by atoms with Crippen molar-refractivity contribution in [3.05, 3.63) is 81.6 Å².